The fraction of sp³-hybridized carbons (Fsp3) is 0.121. The molecule has 4 aromatic carbocycles. The Morgan fingerprint density at radius 2 is 1.05 bits per heavy atom. The van der Waals surface area contributed by atoms with Gasteiger partial charge < -0.3 is 4.74 Å². The summed E-state index contributed by atoms with van der Waals surface area (Å²) < 4.78 is 5.57. The Kier molecular flexibility index (Phi) is 7.63. The van der Waals surface area contributed by atoms with E-state index in [0.29, 0.717) is 0 Å². The van der Waals surface area contributed by atoms with Crippen molar-refractivity contribution < 1.29 is 23.9 Å². The molecule has 2 amide bonds. The van der Waals surface area contributed by atoms with Gasteiger partial charge in [0.25, 0.3) is 11.8 Å². The molecule has 0 saturated heterocycles. The fourth-order valence-corrected chi connectivity index (χ4v) is 9.65. The molecule has 0 aliphatic carbocycles. The third-order valence-electron chi connectivity index (χ3n) is 7.06. The molecular formula is C33H28NO5P. The van der Waals surface area contributed by atoms with Crippen LogP contribution in [0.25, 0.3) is 0 Å². The Balaban J connectivity index is 1.86. The van der Waals surface area contributed by atoms with Crippen LogP contribution in [0.15, 0.2) is 115 Å². The molecule has 40 heavy (non-hydrogen) atoms. The van der Waals surface area contributed by atoms with Crippen LogP contribution in [0, 0.1) is 0 Å². The quantitative estimate of drug-likeness (QED) is 0.144. The lowest BCUT2D eigenvalue weighted by Gasteiger charge is -2.33. The summed E-state index contributed by atoms with van der Waals surface area (Å²) in [5, 5.41) is 2.26. The van der Waals surface area contributed by atoms with Crippen molar-refractivity contribution in [3.8, 4) is 0 Å². The monoisotopic (exact) mass is 549 g/mol. The number of nitrogens with zero attached hydrogens (tertiary/aromatic N) is 1. The molecule has 0 N–H and O–H groups in total. The van der Waals surface area contributed by atoms with Gasteiger partial charge in [-0.15, -0.1) is 0 Å². The number of hydrogen-bond acceptors (Lipinski definition) is 5. The van der Waals surface area contributed by atoms with E-state index in [1.807, 2.05) is 91.0 Å². The number of ketones is 1. The van der Waals surface area contributed by atoms with Crippen LogP contribution in [-0.4, -0.2) is 46.4 Å². The Hall–Kier alpha value is -4.54. The van der Waals surface area contributed by atoms with E-state index in [4.69, 9.17) is 4.74 Å². The Morgan fingerprint density at radius 1 is 0.675 bits per heavy atom. The molecule has 1 heterocycles. The van der Waals surface area contributed by atoms with Crippen molar-refractivity contribution in [2.75, 3.05) is 6.61 Å². The number of imide groups is 1. The van der Waals surface area contributed by atoms with Crippen molar-refractivity contribution in [1.29, 1.82) is 0 Å². The highest BCUT2D eigenvalue weighted by atomic mass is 31.2. The first-order valence-corrected chi connectivity index (χ1v) is 14.8. The van der Waals surface area contributed by atoms with Crippen molar-refractivity contribution in [2.45, 2.75) is 19.9 Å². The highest BCUT2D eigenvalue weighted by Gasteiger charge is 2.45. The maximum Gasteiger partial charge on any atom is 0.342 e. The molecule has 1 unspecified atom stereocenters. The topological polar surface area (TPSA) is 80.8 Å². The average molecular weight is 550 g/mol. The lowest BCUT2D eigenvalue weighted by molar-refractivity contribution is -0.135. The molecule has 7 heteroatoms. The van der Waals surface area contributed by atoms with E-state index in [9.17, 15) is 19.2 Å². The number of benzene rings is 4. The first-order valence-electron chi connectivity index (χ1n) is 13.0. The van der Waals surface area contributed by atoms with Crippen LogP contribution < -0.4 is 15.9 Å². The van der Waals surface area contributed by atoms with Crippen molar-refractivity contribution >= 4 is 51.7 Å². The van der Waals surface area contributed by atoms with E-state index in [-0.39, 0.29) is 23.0 Å². The highest BCUT2D eigenvalue weighted by molar-refractivity contribution is 7.97. The summed E-state index contributed by atoms with van der Waals surface area (Å²) in [7, 11) is 0. The number of esters is 1. The normalized spacial score (nSPS) is 13.5. The average Bonchev–Trinajstić information content (AvgIpc) is 3.26. The van der Waals surface area contributed by atoms with Gasteiger partial charge in [0.05, 0.1) is 17.7 Å². The van der Waals surface area contributed by atoms with E-state index in [1.54, 1.807) is 31.2 Å². The number of ether oxygens (including phenoxy) is 1. The number of Topliss-reactive ketones (excluding diaryl/α,β-unsaturated/α-hetero) is 1. The molecule has 5 rings (SSSR count). The molecule has 0 aromatic heterocycles. The number of amides is 2. The van der Waals surface area contributed by atoms with E-state index >= 15 is 0 Å². The summed E-state index contributed by atoms with van der Waals surface area (Å²) in [6.07, 6.45) is 0. The summed E-state index contributed by atoms with van der Waals surface area (Å²) >= 11 is 0. The number of rotatable bonds is 8. The van der Waals surface area contributed by atoms with Crippen molar-refractivity contribution in [3.05, 3.63) is 126 Å². The van der Waals surface area contributed by atoms with Crippen LogP contribution >= 0.6 is 6.89 Å². The standard InChI is InChI=1S/C33H28NO5P/c1-3-39-33(38)30(29(35)23(2)34-31(36)27-21-13-14-22-28(27)32(34)37)40(24-15-7-4-8-16-24,25-17-9-5-10-18-25)26-19-11-6-12-20-26/h4-23H,3H2,1-2H3. The Labute approximate surface area is 233 Å². The van der Waals surface area contributed by atoms with Crippen LogP contribution in [0.2, 0.25) is 0 Å². The predicted molar refractivity (Wildman–Crippen MR) is 158 cm³/mol. The fourth-order valence-electron chi connectivity index (χ4n) is 5.27. The van der Waals surface area contributed by atoms with E-state index < -0.39 is 36.5 Å². The highest BCUT2D eigenvalue weighted by Crippen LogP contribution is 2.47. The molecule has 0 fully saturated rings. The molecule has 0 saturated carbocycles. The number of hydrogen-bond donors (Lipinski definition) is 0. The molecule has 1 aliphatic heterocycles. The molecular weight excluding hydrogens is 521 g/mol. The molecule has 200 valence electrons. The Bertz CT molecular complexity index is 1510. The van der Waals surface area contributed by atoms with Gasteiger partial charge in [-0.05, 0) is 48.8 Å². The second-order valence-electron chi connectivity index (χ2n) is 9.31. The zero-order chi connectivity index (χ0) is 28.3. The Morgan fingerprint density at radius 3 is 1.43 bits per heavy atom. The summed E-state index contributed by atoms with van der Waals surface area (Å²) in [5.41, 5.74) is 0.472. The number of carbonyl (C=O) groups is 4. The first kappa shape index (κ1) is 27.0. The van der Waals surface area contributed by atoms with Crippen LogP contribution in [-0.2, 0) is 14.3 Å². The van der Waals surface area contributed by atoms with Crippen LogP contribution in [0.4, 0.5) is 0 Å². The minimum Gasteiger partial charge on any atom is -0.462 e. The van der Waals surface area contributed by atoms with Gasteiger partial charge in [-0.3, -0.25) is 19.3 Å². The molecule has 1 aliphatic rings. The number of carbonyl (C=O) groups excluding carboxylic acids is 4. The summed E-state index contributed by atoms with van der Waals surface area (Å²) in [4.78, 5) is 56.4. The zero-order valence-corrected chi connectivity index (χ0v) is 23.1. The van der Waals surface area contributed by atoms with Gasteiger partial charge in [0, 0.05) is 0 Å². The van der Waals surface area contributed by atoms with Gasteiger partial charge in [0.2, 0.25) is 0 Å². The SMILES string of the molecule is CCOC(=O)C(C(=O)C(C)N1C(=O)c2ccccc2C1=O)=P(c1ccccc1)(c1ccccc1)c1ccccc1. The van der Waals surface area contributed by atoms with Crippen LogP contribution in [0.5, 0.6) is 0 Å². The second kappa shape index (κ2) is 11.3. The maximum absolute atomic E-state index is 14.7. The maximum atomic E-state index is 14.7. The van der Waals surface area contributed by atoms with Gasteiger partial charge in [-0.1, -0.05) is 103 Å². The second-order valence-corrected chi connectivity index (χ2v) is 12.7. The van der Waals surface area contributed by atoms with Gasteiger partial charge in [-0.2, -0.15) is 0 Å². The van der Waals surface area contributed by atoms with Crippen molar-refractivity contribution in [1.82, 2.24) is 4.90 Å². The van der Waals surface area contributed by atoms with Crippen LogP contribution in [0.3, 0.4) is 0 Å². The van der Waals surface area contributed by atoms with E-state index in [1.165, 1.54) is 6.92 Å². The van der Waals surface area contributed by atoms with Gasteiger partial charge in [0.15, 0.2) is 5.78 Å². The first-order chi connectivity index (χ1) is 19.4. The third-order valence-corrected chi connectivity index (χ3v) is 11.4. The summed E-state index contributed by atoms with van der Waals surface area (Å²) in [5.74, 6) is -2.51. The molecule has 0 spiro atoms. The van der Waals surface area contributed by atoms with Crippen LogP contribution in [0.1, 0.15) is 34.6 Å². The van der Waals surface area contributed by atoms with E-state index in [2.05, 4.69) is 0 Å². The molecule has 0 radical (unpaired) electrons. The summed E-state index contributed by atoms with van der Waals surface area (Å²) in [6.45, 7) is 0.0624. The van der Waals surface area contributed by atoms with Crippen molar-refractivity contribution in [3.63, 3.8) is 0 Å². The minimum atomic E-state index is -3.17. The molecule has 6 nitrogen and oxygen atoms in total. The van der Waals surface area contributed by atoms with Crippen molar-refractivity contribution in [2.24, 2.45) is 0 Å². The molecule has 4 aromatic rings. The zero-order valence-electron chi connectivity index (χ0n) is 22.2. The molecule has 1 atom stereocenters. The third kappa shape index (κ3) is 4.41. The largest absolute Gasteiger partial charge is 0.462 e. The minimum absolute atomic E-state index is 0.0510. The van der Waals surface area contributed by atoms with Gasteiger partial charge in [-0.25, -0.2) is 4.79 Å². The predicted octanol–water partition coefficient (Wildman–Crippen LogP) is 3.97. The summed E-state index contributed by atoms with van der Waals surface area (Å²) in [6, 6.07) is 33.6. The van der Waals surface area contributed by atoms with E-state index in [0.717, 1.165) is 20.8 Å². The number of fused-ring (bicyclic) bond motifs is 1. The lowest BCUT2D eigenvalue weighted by atomic mass is 10.1. The molecule has 0 bridgehead atoms. The van der Waals surface area contributed by atoms with Gasteiger partial charge in [0.1, 0.15) is 11.3 Å². The van der Waals surface area contributed by atoms with Gasteiger partial charge >= 0.3 is 5.97 Å². The lowest BCUT2D eigenvalue weighted by Crippen LogP contribution is -2.49. The smallest absolute Gasteiger partial charge is 0.342 e.